The van der Waals surface area contributed by atoms with Gasteiger partial charge in [0.05, 0.1) is 16.8 Å². The molecule has 0 bridgehead atoms. The molecule has 124 valence electrons. The number of sulfonamides is 1. The number of hydrogen-bond acceptors (Lipinski definition) is 5. The van der Waals surface area contributed by atoms with E-state index in [-0.39, 0.29) is 30.4 Å². The first-order valence-corrected chi connectivity index (χ1v) is 11.0. The number of rotatable bonds is 4. The maximum atomic E-state index is 12.7. The highest BCUT2D eigenvalue weighted by molar-refractivity contribution is 7.92. The molecule has 2 heterocycles. The minimum atomic E-state index is -3.37. The van der Waals surface area contributed by atoms with Crippen molar-refractivity contribution < 1.29 is 16.8 Å². The Bertz CT molecular complexity index is 545. The van der Waals surface area contributed by atoms with Gasteiger partial charge in [0.25, 0.3) is 0 Å². The topological polar surface area (TPSA) is 83.6 Å². The monoisotopic (exact) mass is 338 g/mol. The molecule has 21 heavy (non-hydrogen) atoms. The molecular formula is C13H26N2O4S2. The van der Waals surface area contributed by atoms with Crippen LogP contribution < -0.4 is 5.32 Å². The van der Waals surface area contributed by atoms with Crippen molar-refractivity contribution in [1.82, 2.24) is 9.62 Å². The van der Waals surface area contributed by atoms with Crippen molar-refractivity contribution in [1.29, 1.82) is 0 Å². The highest BCUT2D eigenvalue weighted by atomic mass is 32.2. The Labute approximate surface area is 128 Å². The van der Waals surface area contributed by atoms with E-state index in [0.717, 1.165) is 12.8 Å². The van der Waals surface area contributed by atoms with E-state index in [9.17, 15) is 16.8 Å². The van der Waals surface area contributed by atoms with E-state index >= 15 is 0 Å². The molecule has 0 aromatic carbocycles. The van der Waals surface area contributed by atoms with Gasteiger partial charge in [-0.2, -0.15) is 0 Å². The van der Waals surface area contributed by atoms with Gasteiger partial charge in [-0.3, -0.25) is 0 Å². The van der Waals surface area contributed by atoms with Gasteiger partial charge in [0.1, 0.15) is 9.84 Å². The Balaban J connectivity index is 2.05. The third-order valence-electron chi connectivity index (χ3n) is 4.87. The summed E-state index contributed by atoms with van der Waals surface area (Å²) in [5.74, 6) is 0.327. The summed E-state index contributed by atoms with van der Waals surface area (Å²) in [5.41, 5.74) is 0. The molecule has 0 radical (unpaired) electrons. The van der Waals surface area contributed by atoms with Gasteiger partial charge in [0.2, 0.25) is 10.0 Å². The van der Waals surface area contributed by atoms with Gasteiger partial charge in [-0.05, 0) is 45.6 Å². The van der Waals surface area contributed by atoms with Gasteiger partial charge in [0, 0.05) is 19.1 Å². The predicted octanol–water partition coefficient (Wildman–Crippen LogP) is 0.213. The molecule has 0 aliphatic carbocycles. The molecule has 2 fully saturated rings. The van der Waals surface area contributed by atoms with Crippen LogP contribution in [0.4, 0.5) is 0 Å². The lowest BCUT2D eigenvalue weighted by molar-refractivity contribution is 0.227. The second-order valence-electron chi connectivity index (χ2n) is 6.23. The molecule has 2 aliphatic rings. The minimum Gasteiger partial charge on any atom is -0.317 e. The van der Waals surface area contributed by atoms with Crippen LogP contribution in [-0.2, 0) is 19.9 Å². The van der Waals surface area contributed by atoms with Crippen LogP contribution in [0.15, 0.2) is 0 Å². The fourth-order valence-corrected chi connectivity index (χ4v) is 7.05. The molecule has 6 nitrogen and oxygen atoms in total. The fourth-order valence-electron chi connectivity index (χ4n) is 3.23. The molecule has 0 aromatic heterocycles. The zero-order valence-corrected chi connectivity index (χ0v) is 14.4. The third-order valence-corrected chi connectivity index (χ3v) is 8.95. The zero-order chi connectivity index (χ0) is 15.7. The first kappa shape index (κ1) is 17.2. The van der Waals surface area contributed by atoms with Gasteiger partial charge in [0.15, 0.2) is 0 Å². The molecule has 2 aliphatic heterocycles. The molecule has 2 saturated heterocycles. The Hall–Kier alpha value is -0.180. The maximum absolute atomic E-state index is 12.7. The third kappa shape index (κ3) is 3.97. The van der Waals surface area contributed by atoms with Crippen molar-refractivity contribution in [2.75, 3.05) is 31.6 Å². The van der Waals surface area contributed by atoms with Crippen LogP contribution in [0.25, 0.3) is 0 Å². The van der Waals surface area contributed by atoms with Crippen LogP contribution in [0.2, 0.25) is 0 Å². The number of nitrogens with one attached hydrogen (secondary N) is 1. The minimum absolute atomic E-state index is 0.00107. The van der Waals surface area contributed by atoms with E-state index in [1.807, 2.05) is 7.05 Å². The van der Waals surface area contributed by atoms with E-state index in [4.69, 9.17) is 0 Å². The van der Waals surface area contributed by atoms with Crippen molar-refractivity contribution in [3.8, 4) is 0 Å². The van der Waals surface area contributed by atoms with Crippen LogP contribution in [0.1, 0.15) is 32.6 Å². The summed E-state index contributed by atoms with van der Waals surface area (Å²) in [5, 5.41) is 2.67. The summed E-state index contributed by atoms with van der Waals surface area (Å²) in [4.78, 5) is 0. The summed E-state index contributed by atoms with van der Waals surface area (Å²) >= 11 is 0. The van der Waals surface area contributed by atoms with Crippen molar-refractivity contribution in [2.45, 2.75) is 43.9 Å². The van der Waals surface area contributed by atoms with Crippen LogP contribution in [0, 0.1) is 5.92 Å². The van der Waals surface area contributed by atoms with Crippen LogP contribution in [-0.4, -0.2) is 64.1 Å². The smallest absolute Gasteiger partial charge is 0.217 e. The zero-order valence-electron chi connectivity index (χ0n) is 12.8. The molecule has 0 aromatic rings. The first-order valence-electron chi connectivity index (χ1n) is 7.63. The lowest BCUT2D eigenvalue weighted by atomic mass is 9.93. The normalized spacial score (nSPS) is 30.1. The second kappa shape index (κ2) is 6.52. The predicted molar refractivity (Wildman–Crippen MR) is 83.4 cm³/mol. The molecule has 0 amide bonds. The van der Waals surface area contributed by atoms with E-state index in [0.29, 0.717) is 19.0 Å². The van der Waals surface area contributed by atoms with Crippen LogP contribution in [0.5, 0.6) is 0 Å². The van der Waals surface area contributed by atoms with Crippen LogP contribution >= 0.6 is 0 Å². The van der Waals surface area contributed by atoms with E-state index in [2.05, 4.69) is 12.2 Å². The lowest BCUT2D eigenvalue weighted by Crippen LogP contribution is -2.49. The first-order chi connectivity index (χ1) is 9.76. The molecule has 2 atom stereocenters. The Morgan fingerprint density at radius 1 is 1.19 bits per heavy atom. The largest absolute Gasteiger partial charge is 0.317 e. The fraction of sp³-hybridized carbons (Fsp3) is 1.00. The summed E-state index contributed by atoms with van der Waals surface area (Å²) in [6, 6.07) is 0.287. The quantitative estimate of drug-likeness (QED) is 0.792. The molecule has 8 heteroatoms. The summed E-state index contributed by atoms with van der Waals surface area (Å²) in [6.07, 6.45) is 2.40. The summed E-state index contributed by atoms with van der Waals surface area (Å²) in [6.45, 7) is 3.19. The van der Waals surface area contributed by atoms with Gasteiger partial charge in [-0.15, -0.1) is 0 Å². The number of sulfone groups is 1. The Morgan fingerprint density at radius 2 is 1.81 bits per heavy atom. The molecular weight excluding hydrogens is 312 g/mol. The van der Waals surface area contributed by atoms with E-state index in [1.54, 1.807) is 4.31 Å². The highest BCUT2D eigenvalue weighted by Gasteiger charge is 2.39. The second-order valence-corrected chi connectivity index (χ2v) is 10.8. The van der Waals surface area contributed by atoms with Gasteiger partial charge in [-0.1, -0.05) is 0 Å². The number of nitrogens with zero attached hydrogens (tertiary/aromatic N) is 1. The molecule has 2 unspecified atom stereocenters. The summed E-state index contributed by atoms with van der Waals surface area (Å²) < 4.78 is 50.0. The standard InChI is InChI=1S/C13H26N2O4S2/c1-11(14-2)12-4-3-7-15(10-12)21(18,19)13-5-8-20(16,17)9-6-13/h11-14H,3-10H2,1-2H3. The van der Waals surface area contributed by atoms with Crippen molar-refractivity contribution in [3.05, 3.63) is 0 Å². The maximum Gasteiger partial charge on any atom is 0.217 e. The van der Waals surface area contributed by atoms with Gasteiger partial charge < -0.3 is 5.32 Å². The molecule has 2 rings (SSSR count). The summed E-state index contributed by atoms with van der Waals surface area (Å²) in [7, 11) is -4.50. The van der Waals surface area contributed by atoms with Crippen LogP contribution in [0.3, 0.4) is 0 Å². The van der Waals surface area contributed by atoms with E-state index in [1.165, 1.54) is 0 Å². The SMILES string of the molecule is CNC(C)C1CCCN(S(=O)(=O)C2CCS(=O)(=O)CC2)C1. The molecule has 0 saturated carbocycles. The van der Waals surface area contributed by atoms with Gasteiger partial charge >= 0.3 is 0 Å². The average Bonchev–Trinajstić information content (AvgIpc) is 2.46. The van der Waals surface area contributed by atoms with Crippen molar-refractivity contribution in [3.63, 3.8) is 0 Å². The molecule has 1 N–H and O–H groups in total. The lowest BCUT2D eigenvalue weighted by Gasteiger charge is -2.37. The Morgan fingerprint density at radius 3 is 2.38 bits per heavy atom. The highest BCUT2D eigenvalue weighted by Crippen LogP contribution is 2.27. The van der Waals surface area contributed by atoms with Crippen molar-refractivity contribution >= 4 is 19.9 Å². The molecule has 0 spiro atoms. The average molecular weight is 338 g/mol. The number of piperidine rings is 1. The number of hydrogen-bond donors (Lipinski definition) is 1. The Kier molecular flexibility index (Phi) is 5.33. The van der Waals surface area contributed by atoms with Crippen molar-refractivity contribution in [2.24, 2.45) is 5.92 Å². The van der Waals surface area contributed by atoms with Gasteiger partial charge in [-0.25, -0.2) is 21.1 Å². The van der Waals surface area contributed by atoms with E-state index < -0.39 is 25.1 Å².